The molecule has 148 valence electrons. The molecule has 0 N–H and O–H groups in total. The maximum Gasteiger partial charge on any atom is 0.157 e. The van der Waals surface area contributed by atoms with E-state index in [1.54, 1.807) is 0 Å². The maximum atomic E-state index is 5.80. The Morgan fingerprint density at radius 2 is 1.85 bits per heavy atom. The monoisotopic (exact) mass is 384 g/mol. The number of allylic oxidation sites excluding steroid dienone is 2. The number of ether oxygens (including phenoxy) is 2. The highest BCUT2D eigenvalue weighted by Gasteiger charge is 2.52. The molecule has 2 nitrogen and oxygen atoms in total. The summed E-state index contributed by atoms with van der Waals surface area (Å²) in [6.07, 6.45) is 10.5. The first-order chi connectivity index (χ1) is 13.0. The van der Waals surface area contributed by atoms with Crippen molar-refractivity contribution in [1.82, 2.24) is 0 Å². The Kier molecular flexibility index (Phi) is 5.64. The first-order valence-corrected chi connectivity index (χ1v) is 14.2. The molecule has 0 unspecified atom stereocenters. The average Bonchev–Trinajstić information content (AvgIpc) is 3.29. The molecule has 1 saturated heterocycles. The summed E-state index contributed by atoms with van der Waals surface area (Å²) >= 11 is 0. The predicted molar refractivity (Wildman–Crippen MR) is 114 cm³/mol. The lowest BCUT2D eigenvalue weighted by Gasteiger charge is -2.49. The fraction of sp³-hybridized carbons (Fsp3) is 0.667. The van der Waals surface area contributed by atoms with E-state index in [4.69, 9.17) is 9.47 Å². The van der Waals surface area contributed by atoms with Gasteiger partial charge in [-0.3, -0.25) is 0 Å². The summed E-state index contributed by atoms with van der Waals surface area (Å²) in [5.41, 5.74) is 1.93. The normalized spacial score (nSPS) is 31.7. The van der Waals surface area contributed by atoms with Crippen LogP contribution in [0, 0.1) is 17.3 Å². The molecule has 1 heterocycles. The summed E-state index contributed by atoms with van der Waals surface area (Å²) in [7, 11) is -1.52. The zero-order valence-electron chi connectivity index (χ0n) is 17.4. The largest absolute Gasteiger partial charge is 0.350 e. The Hall–Kier alpha value is -0.903. The van der Waals surface area contributed by atoms with Crippen LogP contribution in [-0.2, 0) is 15.5 Å². The van der Waals surface area contributed by atoms with E-state index in [1.807, 2.05) is 5.20 Å². The molecule has 1 aromatic rings. The first kappa shape index (κ1) is 19.4. The fourth-order valence-corrected chi connectivity index (χ4v) is 10.4. The standard InChI is InChI=1S/C24H36O2Si/c1-19-8-7-14-24(15-13-23-25-16-17-26-23)21(19)11-12-22(24)27(2,3)18-20-9-5-4-6-10-20/h4-6,9-10,12,19,21,23H,7-8,11,13-18H2,1-3H3/t19-,21+,24-/m1/s1. The van der Waals surface area contributed by atoms with Gasteiger partial charge in [0.2, 0.25) is 0 Å². The van der Waals surface area contributed by atoms with Gasteiger partial charge in [-0.25, -0.2) is 0 Å². The molecule has 1 aliphatic heterocycles. The molecule has 2 fully saturated rings. The van der Waals surface area contributed by atoms with Crippen LogP contribution in [0.2, 0.25) is 13.1 Å². The molecule has 27 heavy (non-hydrogen) atoms. The van der Waals surface area contributed by atoms with Crippen LogP contribution in [0.1, 0.15) is 51.0 Å². The molecule has 0 radical (unpaired) electrons. The van der Waals surface area contributed by atoms with Crippen LogP contribution in [0.15, 0.2) is 41.6 Å². The minimum absolute atomic E-state index is 0.0398. The summed E-state index contributed by atoms with van der Waals surface area (Å²) in [6, 6.07) is 12.4. The van der Waals surface area contributed by atoms with Crippen LogP contribution in [0.5, 0.6) is 0 Å². The van der Waals surface area contributed by atoms with Crippen LogP contribution in [-0.4, -0.2) is 27.6 Å². The number of hydrogen-bond donors (Lipinski definition) is 0. The van der Waals surface area contributed by atoms with Gasteiger partial charge in [0.25, 0.3) is 0 Å². The van der Waals surface area contributed by atoms with Gasteiger partial charge in [0.1, 0.15) is 0 Å². The molecule has 0 aromatic heterocycles. The molecule has 1 aromatic carbocycles. The molecule has 4 rings (SSSR count). The Morgan fingerprint density at radius 1 is 1.11 bits per heavy atom. The molecule has 3 atom stereocenters. The second-order valence-corrected chi connectivity index (χ2v) is 14.4. The Balaban J connectivity index is 1.59. The van der Waals surface area contributed by atoms with Crippen molar-refractivity contribution in [1.29, 1.82) is 0 Å². The molecule has 3 aliphatic rings. The van der Waals surface area contributed by atoms with Gasteiger partial charge >= 0.3 is 0 Å². The summed E-state index contributed by atoms with van der Waals surface area (Å²) in [5, 5.41) is 1.87. The maximum absolute atomic E-state index is 5.80. The van der Waals surface area contributed by atoms with E-state index < -0.39 is 8.07 Å². The lowest BCUT2D eigenvalue weighted by Crippen LogP contribution is -2.46. The van der Waals surface area contributed by atoms with Gasteiger partial charge in [-0.2, -0.15) is 0 Å². The van der Waals surface area contributed by atoms with Crippen molar-refractivity contribution in [2.45, 2.75) is 70.9 Å². The van der Waals surface area contributed by atoms with Crippen LogP contribution < -0.4 is 0 Å². The number of benzene rings is 1. The van der Waals surface area contributed by atoms with Gasteiger partial charge in [-0.15, -0.1) is 0 Å². The van der Waals surface area contributed by atoms with E-state index in [9.17, 15) is 0 Å². The van der Waals surface area contributed by atoms with Crippen molar-refractivity contribution in [2.75, 3.05) is 13.2 Å². The van der Waals surface area contributed by atoms with Crippen molar-refractivity contribution >= 4 is 8.07 Å². The third-order valence-electron chi connectivity index (χ3n) is 7.53. The lowest BCUT2D eigenvalue weighted by molar-refractivity contribution is -0.0586. The summed E-state index contributed by atoms with van der Waals surface area (Å²) in [4.78, 5) is 0. The van der Waals surface area contributed by atoms with E-state index in [-0.39, 0.29) is 6.29 Å². The van der Waals surface area contributed by atoms with Gasteiger partial charge in [0.15, 0.2) is 6.29 Å². The van der Waals surface area contributed by atoms with E-state index in [0.717, 1.165) is 31.5 Å². The zero-order valence-corrected chi connectivity index (χ0v) is 18.4. The summed E-state index contributed by atoms with van der Waals surface area (Å²) in [5.74, 6) is 1.68. The molecule has 0 spiro atoms. The fourth-order valence-electron chi connectivity index (χ4n) is 6.46. The molecule has 3 heteroatoms. The highest BCUT2D eigenvalue weighted by atomic mass is 28.3. The highest BCUT2D eigenvalue weighted by Crippen LogP contribution is 2.60. The second-order valence-electron chi connectivity index (χ2n) is 9.74. The smallest absolute Gasteiger partial charge is 0.157 e. The predicted octanol–water partition coefficient (Wildman–Crippen LogP) is 5.92. The molecule has 2 aliphatic carbocycles. The van der Waals surface area contributed by atoms with Crippen LogP contribution in [0.3, 0.4) is 0 Å². The quantitative estimate of drug-likeness (QED) is 0.567. The highest BCUT2D eigenvalue weighted by molar-refractivity contribution is 6.84. The molecular weight excluding hydrogens is 348 g/mol. The van der Waals surface area contributed by atoms with Crippen molar-refractivity contribution in [3.63, 3.8) is 0 Å². The average molecular weight is 385 g/mol. The molecule has 0 amide bonds. The summed E-state index contributed by atoms with van der Waals surface area (Å²) < 4.78 is 11.6. The first-order valence-electron chi connectivity index (χ1n) is 11.0. The van der Waals surface area contributed by atoms with E-state index in [2.05, 4.69) is 56.4 Å². The number of rotatable bonds is 6. The van der Waals surface area contributed by atoms with Crippen molar-refractivity contribution in [3.05, 3.63) is 47.2 Å². The van der Waals surface area contributed by atoms with Crippen LogP contribution in [0.4, 0.5) is 0 Å². The van der Waals surface area contributed by atoms with Gasteiger partial charge in [-0.1, -0.05) is 80.0 Å². The second kappa shape index (κ2) is 7.85. The Bertz CT molecular complexity index is 662. The van der Waals surface area contributed by atoms with Crippen molar-refractivity contribution in [2.24, 2.45) is 17.3 Å². The topological polar surface area (TPSA) is 18.5 Å². The Labute approximate surface area is 166 Å². The van der Waals surface area contributed by atoms with Gasteiger partial charge < -0.3 is 9.47 Å². The van der Waals surface area contributed by atoms with E-state index in [0.29, 0.717) is 5.41 Å². The molecular formula is C24H36O2Si. The number of hydrogen-bond acceptors (Lipinski definition) is 2. The third kappa shape index (κ3) is 3.83. The number of fused-ring (bicyclic) bond motifs is 1. The molecule has 0 bridgehead atoms. The Morgan fingerprint density at radius 3 is 2.59 bits per heavy atom. The lowest BCUT2D eigenvalue weighted by atomic mass is 9.62. The molecule has 1 saturated carbocycles. The SMILES string of the molecule is C[C@@H]1CCC[C@]2(CCC3OCCO3)C([Si](C)(C)Cc3ccccc3)=CC[C@@H]12. The van der Waals surface area contributed by atoms with E-state index in [1.165, 1.54) is 43.7 Å². The van der Waals surface area contributed by atoms with E-state index >= 15 is 0 Å². The minimum atomic E-state index is -1.52. The third-order valence-corrected chi connectivity index (χ3v) is 11.0. The summed E-state index contributed by atoms with van der Waals surface area (Å²) in [6.45, 7) is 9.27. The van der Waals surface area contributed by atoms with Gasteiger partial charge in [-0.05, 0) is 49.0 Å². The van der Waals surface area contributed by atoms with Gasteiger partial charge in [0, 0.05) is 0 Å². The van der Waals surface area contributed by atoms with Crippen molar-refractivity contribution in [3.8, 4) is 0 Å². The van der Waals surface area contributed by atoms with Crippen LogP contribution in [0.25, 0.3) is 0 Å². The van der Waals surface area contributed by atoms with Crippen molar-refractivity contribution < 1.29 is 9.47 Å². The minimum Gasteiger partial charge on any atom is -0.350 e. The van der Waals surface area contributed by atoms with Crippen LogP contribution >= 0.6 is 0 Å². The zero-order chi connectivity index (χ0) is 18.9. The van der Waals surface area contributed by atoms with Gasteiger partial charge in [0.05, 0.1) is 21.3 Å².